The Morgan fingerprint density at radius 1 is 1.15 bits per heavy atom. The van der Waals surface area contributed by atoms with Gasteiger partial charge in [0.15, 0.2) is 5.96 Å². The van der Waals surface area contributed by atoms with Gasteiger partial charge in [0.25, 0.3) is 0 Å². The molecule has 26 heavy (non-hydrogen) atoms. The first-order valence-corrected chi connectivity index (χ1v) is 9.43. The molecule has 0 aromatic heterocycles. The zero-order valence-corrected chi connectivity index (χ0v) is 18.2. The highest BCUT2D eigenvalue weighted by Gasteiger charge is 2.28. The third-order valence-corrected chi connectivity index (χ3v) is 5.50. The highest BCUT2D eigenvalue weighted by Crippen LogP contribution is 2.36. The second-order valence-electron chi connectivity index (χ2n) is 7.61. The van der Waals surface area contributed by atoms with Crippen LogP contribution in [0.1, 0.15) is 51.0 Å². The molecular weight excluding hydrogens is 439 g/mol. The van der Waals surface area contributed by atoms with Gasteiger partial charge in [-0.3, -0.25) is 9.79 Å². The monoisotopic (exact) mass is 470 g/mol. The van der Waals surface area contributed by atoms with Crippen LogP contribution in [0.3, 0.4) is 0 Å². The van der Waals surface area contributed by atoms with Crippen molar-refractivity contribution in [2.75, 3.05) is 25.0 Å². The molecule has 0 atom stereocenters. The van der Waals surface area contributed by atoms with Gasteiger partial charge in [-0.2, -0.15) is 0 Å². The number of hydrogen-bond acceptors (Lipinski definition) is 2. The number of guanidine groups is 1. The van der Waals surface area contributed by atoms with Gasteiger partial charge in [0.05, 0.1) is 0 Å². The first-order valence-electron chi connectivity index (χ1n) is 9.43. The number of benzene rings is 1. The Balaban J connectivity index is 0.00000243. The minimum Gasteiger partial charge on any atom is -0.356 e. The number of aliphatic imine (C=N–C) groups is 1. The van der Waals surface area contributed by atoms with E-state index in [9.17, 15) is 4.79 Å². The van der Waals surface area contributed by atoms with Gasteiger partial charge in [-0.1, -0.05) is 31.9 Å². The summed E-state index contributed by atoms with van der Waals surface area (Å²) in [7, 11) is 1.81. The fraction of sp³-hybridized carbons (Fsp3) is 0.600. The number of nitrogens with zero attached hydrogens (tertiary/aromatic N) is 2. The Morgan fingerprint density at radius 3 is 2.42 bits per heavy atom. The van der Waals surface area contributed by atoms with Crippen molar-refractivity contribution in [3.63, 3.8) is 0 Å². The van der Waals surface area contributed by atoms with Gasteiger partial charge in [0, 0.05) is 38.8 Å². The van der Waals surface area contributed by atoms with Crippen LogP contribution in [0, 0.1) is 5.41 Å². The van der Waals surface area contributed by atoms with Gasteiger partial charge >= 0.3 is 0 Å². The maximum Gasteiger partial charge on any atom is 0.227 e. The molecular formula is C20H31IN4O. The van der Waals surface area contributed by atoms with Crippen molar-refractivity contribution >= 4 is 41.5 Å². The summed E-state index contributed by atoms with van der Waals surface area (Å²) < 4.78 is 0. The quantitative estimate of drug-likeness (QED) is 0.392. The van der Waals surface area contributed by atoms with Crippen LogP contribution in [0.25, 0.3) is 0 Å². The van der Waals surface area contributed by atoms with Crippen molar-refractivity contribution in [2.24, 2.45) is 10.4 Å². The minimum atomic E-state index is 0. The predicted molar refractivity (Wildman–Crippen MR) is 118 cm³/mol. The molecule has 1 saturated heterocycles. The van der Waals surface area contributed by atoms with E-state index in [1.54, 1.807) is 0 Å². The van der Waals surface area contributed by atoms with Crippen molar-refractivity contribution < 1.29 is 4.79 Å². The molecule has 1 aromatic rings. The molecule has 1 saturated carbocycles. The van der Waals surface area contributed by atoms with E-state index >= 15 is 0 Å². The van der Waals surface area contributed by atoms with Gasteiger partial charge in [-0.15, -0.1) is 24.0 Å². The molecule has 0 unspecified atom stereocenters. The van der Waals surface area contributed by atoms with Gasteiger partial charge in [-0.25, -0.2) is 0 Å². The molecule has 144 valence electrons. The Morgan fingerprint density at radius 2 is 1.85 bits per heavy atom. The first kappa shape index (κ1) is 21.0. The second kappa shape index (κ2) is 9.58. The molecule has 1 heterocycles. The molecule has 5 nitrogen and oxygen atoms in total. The highest BCUT2D eigenvalue weighted by molar-refractivity contribution is 14.0. The maximum atomic E-state index is 11.8. The van der Waals surface area contributed by atoms with E-state index in [4.69, 9.17) is 0 Å². The van der Waals surface area contributed by atoms with Crippen molar-refractivity contribution in [3.05, 3.63) is 29.8 Å². The van der Waals surface area contributed by atoms with Gasteiger partial charge < -0.3 is 15.5 Å². The van der Waals surface area contributed by atoms with E-state index in [0.29, 0.717) is 11.8 Å². The van der Waals surface area contributed by atoms with Gasteiger partial charge in [0.1, 0.15) is 0 Å². The highest BCUT2D eigenvalue weighted by atomic mass is 127. The van der Waals surface area contributed by atoms with Gasteiger partial charge in [-0.05, 0) is 42.4 Å². The van der Waals surface area contributed by atoms with E-state index in [1.165, 1.54) is 31.2 Å². The molecule has 0 bridgehead atoms. The summed E-state index contributed by atoms with van der Waals surface area (Å²) >= 11 is 0. The molecule has 2 aliphatic rings. The summed E-state index contributed by atoms with van der Waals surface area (Å²) in [4.78, 5) is 18.0. The van der Waals surface area contributed by atoms with Crippen LogP contribution in [0.5, 0.6) is 0 Å². The van der Waals surface area contributed by atoms with Crippen LogP contribution in [0.4, 0.5) is 5.69 Å². The fourth-order valence-electron chi connectivity index (χ4n) is 3.82. The van der Waals surface area contributed by atoms with Crippen LogP contribution < -0.4 is 15.5 Å². The number of hydrogen-bond donors (Lipinski definition) is 2. The smallest absolute Gasteiger partial charge is 0.227 e. The maximum absolute atomic E-state index is 11.8. The van der Waals surface area contributed by atoms with E-state index in [0.717, 1.165) is 37.7 Å². The van der Waals surface area contributed by atoms with Gasteiger partial charge in [0.2, 0.25) is 5.91 Å². The summed E-state index contributed by atoms with van der Waals surface area (Å²) in [5.41, 5.74) is 2.59. The van der Waals surface area contributed by atoms with Crippen molar-refractivity contribution in [3.8, 4) is 0 Å². The second-order valence-corrected chi connectivity index (χ2v) is 7.61. The number of anilines is 1. The Bertz CT molecular complexity index is 623. The normalized spacial score (nSPS) is 19.4. The lowest BCUT2D eigenvalue weighted by Crippen LogP contribution is -2.41. The number of carbonyl (C=O) groups is 1. The molecule has 1 amide bonds. The van der Waals surface area contributed by atoms with Crippen LogP contribution in [0.15, 0.2) is 29.3 Å². The summed E-state index contributed by atoms with van der Waals surface area (Å²) in [6, 6.07) is 8.24. The third kappa shape index (κ3) is 5.34. The van der Waals surface area contributed by atoms with E-state index in [-0.39, 0.29) is 29.9 Å². The minimum absolute atomic E-state index is 0. The number of carbonyl (C=O) groups excluding carboxylic acids is 1. The molecule has 6 heteroatoms. The lowest BCUT2D eigenvalue weighted by Gasteiger charge is -2.25. The van der Waals surface area contributed by atoms with Crippen molar-refractivity contribution in [1.82, 2.24) is 10.6 Å². The molecule has 0 radical (unpaired) electrons. The Kier molecular flexibility index (Phi) is 7.73. The largest absolute Gasteiger partial charge is 0.356 e. The average molecular weight is 470 g/mol. The predicted octanol–water partition coefficient (Wildman–Crippen LogP) is 3.68. The zero-order chi connectivity index (χ0) is 17.7. The summed E-state index contributed by atoms with van der Waals surface area (Å²) in [6.45, 7) is 4.90. The molecule has 1 aliphatic heterocycles. The van der Waals surface area contributed by atoms with Crippen molar-refractivity contribution in [1.29, 1.82) is 0 Å². The lowest BCUT2D eigenvalue weighted by molar-refractivity contribution is -0.117. The number of rotatable bonds is 5. The lowest BCUT2D eigenvalue weighted by atomic mass is 9.89. The topological polar surface area (TPSA) is 56.7 Å². The summed E-state index contributed by atoms with van der Waals surface area (Å²) in [5.74, 6) is 1.09. The molecule has 1 aromatic carbocycles. The zero-order valence-electron chi connectivity index (χ0n) is 15.9. The van der Waals surface area contributed by atoms with Crippen LogP contribution in [-0.2, 0) is 11.3 Å². The Hall–Kier alpha value is -1.31. The van der Waals surface area contributed by atoms with Crippen LogP contribution >= 0.6 is 24.0 Å². The fourth-order valence-corrected chi connectivity index (χ4v) is 3.82. The SMILES string of the molecule is CN=C(NCc1ccc(N2CCCC2=O)cc1)NCC1(C)CCCC1.I. The molecule has 1 aliphatic carbocycles. The Labute approximate surface area is 174 Å². The summed E-state index contributed by atoms with van der Waals surface area (Å²) in [5, 5.41) is 6.85. The van der Waals surface area contributed by atoms with E-state index in [1.807, 2.05) is 24.1 Å². The van der Waals surface area contributed by atoms with Crippen LogP contribution in [-0.4, -0.2) is 32.0 Å². The standard InChI is InChI=1S/C20H30N4O.HI/c1-20(11-3-4-12-20)15-23-19(21-2)22-14-16-7-9-17(10-8-16)24-13-5-6-18(24)25;/h7-10H,3-6,11-15H2,1-2H3,(H2,21,22,23);1H. The number of amides is 1. The molecule has 3 rings (SSSR count). The van der Waals surface area contributed by atoms with E-state index < -0.39 is 0 Å². The van der Waals surface area contributed by atoms with Crippen LogP contribution in [0.2, 0.25) is 0 Å². The third-order valence-electron chi connectivity index (χ3n) is 5.50. The number of nitrogens with one attached hydrogen (secondary N) is 2. The van der Waals surface area contributed by atoms with Crippen molar-refractivity contribution in [2.45, 2.75) is 52.0 Å². The molecule has 2 N–H and O–H groups in total. The summed E-state index contributed by atoms with van der Waals surface area (Å²) in [6.07, 6.45) is 6.92. The number of halogens is 1. The average Bonchev–Trinajstić information content (AvgIpc) is 3.24. The molecule has 2 fully saturated rings. The van der Waals surface area contributed by atoms with E-state index in [2.05, 4.69) is 34.7 Å². The first-order chi connectivity index (χ1) is 12.1. The molecule has 0 spiro atoms.